The molecule has 0 unspecified atom stereocenters. The molecule has 2 aromatic carbocycles. The Kier molecular flexibility index (Phi) is 5.39. The molecule has 0 bridgehead atoms. The summed E-state index contributed by atoms with van der Waals surface area (Å²) in [5, 5.41) is 12.7. The summed E-state index contributed by atoms with van der Waals surface area (Å²) in [6.45, 7) is 0.422. The van der Waals surface area contributed by atoms with Crippen LogP contribution in [0.3, 0.4) is 0 Å². The van der Waals surface area contributed by atoms with Crippen LogP contribution < -0.4 is 5.32 Å². The molecular weight excluding hydrogens is 338 g/mol. The summed E-state index contributed by atoms with van der Waals surface area (Å²) in [7, 11) is 0. The topological polar surface area (TPSA) is 66.4 Å². The molecule has 5 heteroatoms. The third-order valence-electron chi connectivity index (χ3n) is 4.78. The maximum absolute atomic E-state index is 12.4. The second-order valence-electron chi connectivity index (χ2n) is 6.43. The summed E-state index contributed by atoms with van der Waals surface area (Å²) in [5.74, 6) is -1.46. The normalized spacial score (nSPS) is 19.6. The summed E-state index contributed by atoms with van der Waals surface area (Å²) in [5.41, 5.74) is 3.11. The average molecular weight is 358 g/mol. The number of nitrogens with one attached hydrogen (secondary N) is 1. The third kappa shape index (κ3) is 4.20. The van der Waals surface area contributed by atoms with Gasteiger partial charge in [-0.25, -0.2) is 0 Å². The van der Waals surface area contributed by atoms with Crippen molar-refractivity contribution in [2.24, 2.45) is 11.8 Å². The Morgan fingerprint density at radius 2 is 1.72 bits per heavy atom. The molecule has 2 atom stereocenters. The first kappa shape index (κ1) is 17.5. The minimum atomic E-state index is -0.802. The van der Waals surface area contributed by atoms with Crippen molar-refractivity contribution in [1.82, 2.24) is 5.32 Å². The number of carboxylic acids is 1. The van der Waals surface area contributed by atoms with Crippen molar-refractivity contribution in [3.05, 3.63) is 59.1 Å². The van der Waals surface area contributed by atoms with Crippen LogP contribution in [-0.2, 0) is 16.1 Å². The lowest BCUT2D eigenvalue weighted by Gasteiger charge is -2.14. The first-order valence-electron chi connectivity index (χ1n) is 8.39. The molecule has 1 amide bonds. The minimum Gasteiger partial charge on any atom is -0.481 e. The number of carbonyl (C=O) groups excluding carboxylic acids is 1. The van der Waals surface area contributed by atoms with Gasteiger partial charge >= 0.3 is 5.97 Å². The highest BCUT2D eigenvalue weighted by molar-refractivity contribution is 6.30. The second-order valence-corrected chi connectivity index (χ2v) is 6.86. The quantitative estimate of drug-likeness (QED) is 0.845. The molecule has 0 radical (unpaired) electrons. The van der Waals surface area contributed by atoms with E-state index in [1.165, 1.54) is 0 Å². The molecule has 1 aliphatic rings. The smallest absolute Gasteiger partial charge is 0.306 e. The molecule has 2 N–H and O–H groups in total. The number of benzene rings is 2. The summed E-state index contributed by atoms with van der Waals surface area (Å²) >= 11 is 5.95. The van der Waals surface area contributed by atoms with Crippen molar-refractivity contribution in [1.29, 1.82) is 0 Å². The van der Waals surface area contributed by atoms with Crippen molar-refractivity contribution < 1.29 is 14.7 Å². The Bertz CT molecular complexity index is 773. The van der Waals surface area contributed by atoms with Gasteiger partial charge in [-0.05, 0) is 48.1 Å². The SMILES string of the molecule is O=C(O)[C@@H]1CC[C@H](C(=O)NCc2ccccc2-c2ccc(Cl)cc2)C1. The number of amides is 1. The van der Waals surface area contributed by atoms with Gasteiger partial charge in [-0.3, -0.25) is 9.59 Å². The molecule has 0 spiro atoms. The van der Waals surface area contributed by atoms with E-state index in [0.717, 1.165) is 16.7 Å². The fourth-order valence-corrected chi connectivity index (χ4v) is 3.48. The highest BCUT2D eigenvalue weighted by atomic mass is 35.5. The van der Waals surface area contributed by atoms with Gasteiger partial charge in [0.2, 0.25) is 5.91 Å². The number of rotatable bonds is 5. The van der Waals surface area contributed by atoms with Crippen LogP contribution in [0.4, 0.5) is 0 Å². The maximum atomic E-state index is 12.4. The molecule has 1 fully saturated rings. The van der Waals surface area contributed by atoms with E-state index in [-0.39, 0.29) is 11.8 Å². The molecule has 0 heterocycles. The lowest BCUT2D eigenvalue weighted by atomic mass is 9.99. The van der Waals surface area contributed by atoms with Gasteiger partial charge in [0.05, 0.1) is 5.92 Å². The van der Waals surface area contributed by atoms with E-state index in [1.807, 2.05) is 48.5 Å². The van der Waals surface area contributed by atoms with Crippen molar-refractivity contribution in [2.45, 2.75) is 25.8 Å². The van der Waals surface area contributed by atoms with Gasteiger partial charge in [0, 0.05) is 17.5 Å². The lowest BCUT2D eigenvalue weighted by Crippen LogP contribution is -2.29. The van der Waals surface area contributed by atoms with Crippen LogP contribution in [0.1, 0.15) is 24.8 Å². The van der Waals surface area contributed by atoms with E-state index in [9.17, 15) is 9.59 Å². The fraction of sp³-hybridized carbons (Fsp3) is 0.300. The van der Waals surface area contributed by atoms with Gasteiger partial charge in [0.1, 0.15) is 0 Å². The molecular formula is C20H20ClNO3. The molecule has 1 aliphatic carbocycles. The van der Waals surface area contributed by atoms with Crippen LogP contribution in [0.2, 0.25) is 5.02 Å². The molecule has 130 valence electrons. The number of hydrogen-bond acceptors (Lipinski definition) is 2. The lowest BCUT2D eigenvalue weighted by molar-refractivity contribution is -0.141. The zero-order chi connectivity index (χ0) is 17.8. The van der Waals surface area contributed by atoms with Gasteiger partial charge in [-0.2, -0.15) is 0 Å². The molecule has 4 nitrogen and oxygen atoms in total. The van der Waals surface area contributed by atoms with Crippen LogP contribution in [0.25, 0.3) is 11.1 Å². The van der Waals surface area contributed by atoms with Crippen LogP contribution in [0.15, 0.2) is 48.5 Å². The van der Waals surface area contributed by atoms with Crippen molar-refractivity contribution >= 4 is 23.5 Å². The van der Waals surface area contributed by atoms with E-state index >= 15 is 0 Å². The molecule has 1 saturated carbocycles. The number of carboxylic acid groups (broad SMARTS) is 1. The summed E-state index contributed by atoms with van der Waals surface area (Å²) in [4.78, 5) is 23.4. The van der Waals surface area contributed by atoms with Crippen molar-refractivity contribution in [3.8, 4) is 11.1 Å². The van der Waals surface area contributed by atoms with E-state index in [1.54, 1.807) is 0 Å². The molecule has 3 rings (SSSR count). The number of halogens is 1. The van der Waals surface area contributed by atoms with Gasteiger partial charge in [-0.1, -0.05) is 48.0 Å². The molecule has 0 aliphatic heterocycles. The number of hydrogen-bond donors (Lipinski definition) is 2. The molecule has 25 heavy (non-hydrogen) atoms. The highest BCUT2D eigenvalue weighted by Gasteiger charge is 2.33. The highest BCUT2D eigenvalue weighted by Crippen LogP contribution is 2.31. The predicted octanol–water partition coefficient (Wildman–Crippen LogP) is 4.12. The largest absolute Gasteiger partial charge is 0.481 e. The van der Waals surface area contributed by atoms with E-state index < -0.39 is 11.9 Å². The number of carbonyl (C=O) groups is 2. The van der Waals surface area contributed by atoms with Gasteiger partial charge < -0.3 is 10.4 Å². The fourth-order valence-electron chi connectivity index (χ4n) is 3.36. The maximum Gasteiger partial charge on any atom is 0.306 e. The molecule has 0 saturated heterocycles. The van der Waals surface area contributed by atoms with E-state index in [2.05, 4.69) is 5.32 Å². The Morgan fingerprint density at radius 1 is 1.04 bits per heavy atom. The van der Waals surface area contributed by atoms with Gasteiger partial charge in [0.25, 0.3) is 0 Å². The Hall–Kier alpha value is -2.33. The standard InChI is InChI=1S/C20H20ClNO3/c21-17-9-7-13(8-10-17)18-4-2-1-3-16(18)12-22-19(23)14-5-6-15(11-14)20(24)25/h1-4,7-10,14-15H,5-6,11-12H2,(H,22,23)(H,24,25)/t14-,15+/m0/s1. The van der Waals surface area contributed by atoms with E-state index in [0.29, 0.717) is 30.8 Å². The van der Waals surface area contributed by atoms with Crippen LogP contribution in [0, 0.1) is 11.8 Å². The average Bonchev–Trinajstić information content (AvgIpc) is 3.11. The van der Waals surface area contributed by atoms with Crippen LogP contribution in [-0.4, -0.2) is 17.0 Å². The second kappa shape index (κ2) is 7.70. The third-order valence-corrected chi connectivity index (χ3v) is 5.03. The first-order valence-corrected chi connectivity index (χ1v) is 8.76. The van der Waals surface area contributed by atoms with Crippen LogP contribution in [0.5, 0.6) is 0 Å². The zero-order valence-electron chi connectivity index (χ0n) is 13.7. The molecule has 0 aromatic heterocycles. The number of aliphatic carboxylic acids is 1. The summed E-state index contributed by atoms with van der Waals surface area (Å²) < 4.78 is 0. The predicted molar refractivity (Wildman–Crippen MR) is 97.2 cm³/mol. The summed E-state index contributed by atoms with van der Waals surface area (Å²) in [6.07, 6.45) is 1.65. The van der Waals surface area contributed by atoms with Crippen LogP contribution >= 0.6 is 11.6 Å². The minimum absolute atomic E-state index is 0.0605. The van der Waals surface area contributed by atoms with Gasteiger partial charge in [-0.15, -0.1) is 0 Å². The molecule has 2 aromatic rings. The Balaban J connectivity index is 1.67. The Morgan fingerprint density at radius 3 is 2.40 bits per heavy atom. The first-order chi connectivity index (χ1) is 12.0. The van der Waals surface area contributed by atoms with Crippen molar-refractivity contribution in [3.63, 3.8) is 0 Å². The zero-order valence-corrected chi connectivity index (χ0v) is 14.5. The van der Waals surface area contributed by atoms with Gasteiger partial charge in [0.15, 0.2) is 0 Å². The van der Waals surface area contributed by atoms with Crippen molar-refractivity contribution in [2.75, 3.05) is 0 Å². The monoisotopic (exact) mass is 357 g/mol. The Labute approximate surface area is 151 Å². The van der Waals surface area contributed by atoms with E-state index in [4.69, 9.17) is 16.7 Å². The summed E-state index contributed by atoms with van der Waals surface area (Å²) in [6, 6.07) is 15.5.